The maximum Gasteiger partial charge on any atom is 0.131 e. The summed E-state index contributed by atoms with van der Waals surface area (Å²) < 4.78 is 5.92. The highest BCUT2D eigenvalue weighted by Gasteiger charge is 2.06. The number of hydrogen-bond donors (Lipinski definition) is 1. The summed E-state index contributed by atoms with van der Waals surface area (Å²) in [5, 5.41) is 6.66. The maximum absolute atomic E-state index is 5.92. The van der Waals surface area contributed by atoms with E-state index in [9.17, 15) is 0 Å². The van der Waals surface area contributed by atoms with Gasteiger partial charge >= 0.3 is 0 Å². The molecule has 0 aliphatic carbocycles. The third-order valence-corrected chi connectivity index (χ3v) is 3.99. The van der Waals surface area contributed by atoms with Gasteiger partial charge in [-0.25, -0.2) is 4.98 Å². The summed E-state index contributed by atoms with van der Waals surface area (Å²) in [5.74, 6) is 0.937. The van der Waals surface area contributed by atoms with Crippen LogP contribution in [0.15, 0.2) is 29.6 Å². The Hall–Kier alpha value is -1.39. The normalized spacial score (nSPS) is 11.0. The van der Waals surface area contributed by atoms with Gasteiger partial charge in [0.2, 0.25) is 0 Å². The Morgan fingerprint density at radius 2 is 2.10 bits per heavy atom. The first kappa shape index (κ1) is 15.0. The van der Waals surface area contributed by atoms with Crippen LogP contribution in [0.4, 0.5) is 0 Å². The molecule has 0 unspecified atom stereocenters. The molecule has 0 radical (unpaired) electrons. The van der Waals surface area contributed by atoms with Gasteiger partial charge in [-0.05, 0) is 12.5 Å². The van der Waals surface area contributed by atoms with Crippen LogP contribution in [-0.2, 0) is 19.6 Å². The van der Waals surface area contributed by atoms with E-state index in [0.29, 0.717) is 12.6 Å². The van der Waals surface area contributed by atoms with Crippen molar-refractivity contribution in [2.24, 2.45) is 0 Å². The molecule has 108 valence electrons. The zero-order valence-electron chi connectivity index (χ0n) is 12.3. The summed E-state index contributed by atoms with van der Waals surface area (Å²) in [6, 6.07) is 8.64. The minimum Gasteiger partial charge on any atom is -0.487 e. The summed E-state index contributed by atoms with van der Waals surface area (Å²) >= 11 is 1.70. The number of para-hydroxylation sites is 1. The molecule has 1 N–H and O–H groups in total. The van der Waals surface area contributed by atoms with Crippen molar-refractivity contribution in [3.05, 3.63) is 45.9 Å². The van der Waals surface area contributed by atoms with Crippen LogP contribution in [-0.4, -0.2) is 11.0 Å². The van der Waals surface area contributed by atoms with E-state index in [-0.39, 0.29) is 0 Å². The van der Waals surface area contributed by atoms with Crippen molar-refractivity contribution in [2.75, 3.05) is 0 Å². The number of benzene rings is 1. The number of rotatable bonds is 7. The Bertz CT molecular complexity index is 537. The van der Waals surface area contributed by atoms with E-state index in [4.69, 9.17) is 4.74 Å². The van der Waals surface area contributed by atoms with Gasteiger partial charge in [0.15, 0.2) is 0 Å². The quantitative estimate of drug-likeness (QED) is 0.842. The number of nitrogens with one attached hydrogen (secondary N) is 1. The van der Waals surface area contributed by atoms with Gasteiger partial charge in [-0.1, -0.05) is 39.0 Å². The second-order valence-corrected chi connectivity index (χ2v) is 5.96. The zero-order chi connectivity index (χ0) is 14.4. The Kier molecular flexibility index (Phi) is 5.56. The number of hydrogen-bond acceptors (Lipinski definition) is 4. The third kappa shape index (κ3) is 4.32. The lowest BCUT2D eigenvalue weighted by molar-refractivity contribution is 0.297. The predicted molar refractivity (Wildman–Crippen MR) is 84.2 cm³/mol. The van der Waals surface area contributed by atoms with Gasteiger partial charge in [0.1, 0.15) is 12.4 Å². The van der Waals surface area contributed by atoms with Crippen LogP contribution in [0.25, 0.3) is 0 Å². The second kappa shape index (κ2) is 7.41. The van der Waals surface area contributed by atoms with Crippen molar-refractivity contribution in [2.45, 2.75) is 46.4 Å². The van der Waals surface area contributed by atoms with Crippen LogP contribution < -0.4 is 10.1 Å². The molecule has 3 nitrogen and oxygen atoms in total. The molecule has 0 aliphatic heterocycles. The van der Waals surface area contributed by atoms with Crippen LogP contribution in [0.5, 0.6) is 5.75 Å². The first-order chi connectivity index (χ1) is 9.69. The molecule has 2 aromatic rings. The van der Waals surface area contributed by atoms with Crippen molar-refractivity contribution < 1.29 is 4.74 Å². The highest BCUT2D eigenvalue weighted by Crippen LogP contribution is 2.20. The average molecular weight is 290 g/mol. The Morgan fingerprint density at radius 3 is 2.80 bits per heavy atom. The molecule has 1 heterocycles. The fourth-order valence-corrected chi connectivity index (χ4v) is 2.56. The van der Waals surface area contributed by atoms with Gasteiger partial charge in [-0.3, -0.25) is 0 Å². The van der Waals surface area contributed by atoms with Crippen LogP contribution in [0.3, 0.4) is 0 Å². The Balaban J connectivity index is 1.97. The number of aryl methyl sites for hydroxylation is 1. The lowest BCUT2D eigenvalue weighted by Crippen LogP contribution is -2.22. The fraction of sp³-hybridized carbons (Fsp3) is 0.438. The first-order valence-corrected chi connectivity index (χ1v) is 7.94. The van der Waals surface area contributed by atoms with E-state index in [1.54, 1.807) is 11.3 Å². The van der Waals surface area contributed by atoms with Crippen molar-refractivity contribution in [3.8, 4) is 5.75 Å². The standard InChI is InChI=1S/C16H22N2OS/c1-4-16-18-14(11-20-16)10-19-15-8-6-5-7-13(15)9-17-12(2)3/h5-8,11-12,17H,4,9-10H2,1-3H3. The van der Waals surface area contributed by atoms with Gasteiger partial charge in [0, 0.05) is 23.5 Å². The number of nitrogens with zero attached hydrogens (tertiary/aromatic N) is 1. The molecule has 0 atom stereocenters. The van der Waals surface area contributed by atoms with Crippen molar-refractivity contribution >= 4 is 11.3 Å². The first-order valence-electron chi connectivity index (χ1n) is 7.06. The van der Waals surface area contributed by atoms with Crippen molar-refractivity contribution in [1.82, 2.24) is 10.3 Å². The highest BCUT2D eigenvalue weighted by atomic mass is 32.1. The molecular weight excluding hydrogens is 268 g/mol. The fourth-order valence-electron chi connectivity index (χ4n) is 1.83. The molecule has 0 amide bonds. The molecule has 0 saturated heterocycles. The van der Waals surface area contributed by atoms with Crippen LogP contribution in [0.2, 0.25) is 0 Å². The van der Waals surface area contributed by atoms with Gasteiger partial charge in [-0.2, -0.15) is 0 Å². The monoisotopic (exact) mass is 290 g/mol. The molecule has 0 aliphatic rings. The SMILES string of the molecule is CCc1nc(COc2ccccc2CNC(C)C)cs1. The molecule has 1 aromatic carbocycles. The zero-order valence-corrected chi connectivity index (χ0v) is 13.2. The molecule has 0 fully saturated rings. The lowest BCUT2D eigenvalue weighted by atomic mass is 10.2. The lowest BCUT2D eigenvalue weighted by Gasteiger charge is -2.13. The second-order valence-electron chi connectivity index (χ2n) is 5.02. The van der Waals surface area contributed by atoms with E-state index < -0.39 is 0 Å². The van der Waals surface area contributed by atoms with Crippen LogP contribution in [0.1, 0.15) is 37.0 Å². The van der Waals surface area contributed by atoms with E-state index >= 15 is 0 Å². The average Bonchev–Trinajstić information content (AvgIpc) is 2.91. The highest BCUT2D eigenvalue weighted by molar-refractivity contribution is 7.09. The molecule has 2 rings (SSSR count). The topological polar surface area (TPSA) is 34.1 Å². The summed E-state index contributed by atoms with van der Waals surface area (Å²) in [6.45, 7) is 7.77. The van der Waals surface area contributed by atoms with E-state index in [0.717, 1.165) is 24.4 Å². The molecule has 0 saturated carbocycles. The van der Waals surface area contributed by atoms with Crippen LogP contribution >= 0.6 is 11.3 Å². The maximum atomic E-state index is 5.92. The number of aromatic nitrogens is 1. The smallest absolute Gasteiger partial charge is 0.131 e. The Labute approximate surface area is 125 Å². The number of ether oxygens (including phenoxy) is 1. The van der Waals surface area contributed by atoms with Gasteiger partial charge < -0.3 is 10.1 Å². The third-order valence-electron chi connectivity index (χ3n) is 2.95. The molecule has 4 heteroatoms. The molecule has 20 heavy (non-hydrogen) atoms. The molecular formula is C16H22N2OS. The van der Waals surface area contributed by atoms with Crippen molar-refractivity contribution in [3.63, 3.8) is 0 Å². The van der Waals surface area contributed by atoms with Crippen LogP contribution in [0, 0.1) is 0 Å². The Morgan fingerprint density at radius 1 is 1.30 bits per heavy atom. The van der Waals surface area contributed by atoms with Gasteiger partial charge in [0.05, 0.1) is 10.7 Å². The summed E-state index contributed by atoms with van der Waals surface area (Å²) in [6.07, 6.45) is 0.986. The minimum atomic E-state index is 0.466. The minimum absolute atomic E-state index is 0.466. The largest absolute Gasteiger partial charge is 0.487 e. The summed E-state index contributed by atoms with van der Waals surface area (Å²) in [7, 11) is 0. The predicted octanol–water partition coefficient (Wildman–Crippen LogP) is 3.78. The van der Waals surface area contributed by atoms with Crippen molar-refractivity contribution in [1.29, 1.82) is 0 Å². The van der Waals surface area contributed by atoms with E-state index in [2.05, 4.69) is 42.5 Å². The summed E-state index contributed by atoms with van der Waals surface area (Å²) in [5.41, 5.74) is 2.20. The molecule has 0 bridgehead atoms. The molecule has 0 spiro atoms. The number of thiazole rings is 1. The van der Waals surface area contributed by atoms with E-state index in [1.807, 2.05) is 18.2 Å². The van der Waals surface area contributed by atoms with E-state index in [1.165, 1.54) is 10.6 Å². The molecule has 1 aromatic heterocycles. The van der Waals surface area contributed by atoms with Gasteiger partial charge in [0.25, 0.3) is 0 Å². The summed E-state index contributed by atoms with van der Waals surface area (Å²) in [4.78, 5) is 4.53. The van der Waals surface area contributed by atoms with Gasteiger partial charge in [-0.15, -0.1) is 11.3 Å².